The third-order valence-corrected chi connectivity index (χ3v) is 5.33. The minimum Gasteiger partial charge on any atom is -0.353 e. The molecule has 2 rings (SSSR count). The van der Waals surface area contributed by atoms with Gasteiger partial charge in [-0.3, -0.25) is 4.79 Å². The molecule has 0 spiro atoms. The standard InChI is InChI=1S/C21H32N4OS/c1-15(2)14-25(12-11-20(26)22-17(5)16(3)4)21-23-19(24-27-21)13-18-9-7-6-8-10-18/h6-10,15-17H,11-14H2,1-5H3,(H,22,26)/t17-/m1/s1. The molecule has 2 aromatic rings. The van der Waals surface area contributed by atoms with Crippen LogP contribution in [-0.2, 0) is 11.2 Å². The van der Waals surface area contributed by atoms with Gasteiger partial charge in [-0.1, -0.05) is 58.0 Å². The lowest BCUT2D eigenvalue weighted by Gasteiger charge is -2.24. The topological polar surface area (TPSA) is 58.1 Å². The Hall–Kier alpha value is -1.95. The van der Waals surface area contributed by atoms with Crippen molar-refractivity contribution in [1.82, 2.24) is 14.7 Å². The van der Waals surface area contributed by atoms with Crippen LogP contribution in [0.3, 0.4) is 0 Å². The summed E-state index contributed by atoms with van der Waals surface area (Å²) in [7, 11) is 0. The number of nitrogens with one attached hydrogen (secondary N) is 1. The van der Waals surface area contributed by atoms with E-state index in [0.29, 0.717) is 24.8 Å². The van der Waals surface area contributed by atoms with Crippen LogP contribution in [0.5, 0.6) is 0 Å². The highest BCUT2D eigenvalue weighted by atomic mass is 32.1. The van der Waals surface area contributed by atoms with E-state index in [4.69, 9.17) is 4.98 Å². The van der Waals surface area contributed by atoms with Gasteiger partial charge in [0, 0.05) is 43.5 Å². The molecular formula is C21H32N4OS. The number of hydrogen-bond donors (Lipinski definition) is 1. The average Bonchev–Trinajstić information content (AvgIpc) is 3.07. The number of nitrogens with zero attached hydrogens (tertiary/aromatic N) is 3. The van der Waals surface area contributed by atoms with E-state index < -0.39 is 0 Å². The van der Waals surface area contributed by atoms with E-state index in [1.54, 1.807) is 0 Å². The molecule has 1 atom stereocenters. The van der Waals surface area contributed by atoms with Crippen LogP contribution in [0.4, 0.5) is 5.13 Å². The van der Waals surface area contributed by atoms with Gasteiger partial charge in [-0.2, -0.15) is 4.37 Å². The minimum atomic E-state index is 0.0963. The summed E-state index contributed by atoms with van der Waals surface area (Å²) in [5.74, 6) is 1.86. The van der Waals surface area contributed by atoms with Gasteiger partial charge in [0.1, 0.15) is 5.82 Å². The summed E-state index contributed by atoms with van der Waals surface area (Å²) in [5, 5.41) is 3.98. The Bertz CT molecular complexity index is 699. The molecule has 5 nitrogen and oxygen atoms in total. The molecule has 0 aliphatic heterocycles. The van der Waals surface area contributed by atoms with Crippen LogP contribution < -0.4 is 10.2 Å². The summed E-state index contributed by atoms with van der Waals surface area (Å²) >= 11 is 1.42. The predicted octanol–water partition coefficient (Wildman–Crippen LogP) is 4.14. The van der Waals surface area contributed by atoms with Crippen molar-refractivity contribution in [2.24, 2.45) is 11.8 Å². The van der Waals surface area contributed by atoms with Gasteiger partial charge in [0.25, 0.3) is 0 Å². The van der Waals surface area contributed by atoms with Crippen LogP contribution in [0.25, 0.3) is 0 Å². The van der Waals surface area contributed by atoms with Crippen LogP contribution in [0, 0.1) is 11.8 Å². The molecular weight excluding hydrogens is 356 g/mol. The van der Waals surface area contributed by atoms with Gasteiger partial charge in [0.15, 0.2) is 0 Å². The Labute approximate surface area is 167 Å². The van der Waals surface area contributed by atoms with Gasteiger partial charge in [0.2, 0.25) is 11.0 Å². The summed E-state index contributed by atoms with van der Waals surface area (Å²) < 4.78 is 4.53. The number of aromatic nitrogens is 2. The van der Waals surface area contributed by atoms with Gasteiger partial charge >= 0.3 is 0 Å². The van der Waals surface area contributed by atoms with Crippen molar-refractivity contribution in [3.63, 3.8) is 0 Å². The summed E-state index contributed by atoms with van der Waals surface area (Å²) in [6, 6.07) is 10.4. The van der Waals surface area contributed by atoms with Gasteiger partial charge in [-0.15, -0.1) is 0 Å². The highest BCUT2D eigenvalue weighted by Gasteiger charge is 2.17. The van der Waals surface area contributed by atoms with Crippen molar-refractivity contribution in [3.8, 4) is 0 Å². The Balaban J connectivity index is 1.98. The van der Waals surface area contributed by atoms with Crippen molar-refractivity contribution >= 4 is 22.6 Å². The summed E-state index contributed by atoms with van der Waals surface area (Å²) in [6.45, 7) is 12.2. The van der Waals surface area contributed by atoms with Gasteiger partial charge < -0.3 is 10.2 Å². The van der Waals surface area contributed by atoms with Crippen molar-refractivity contribution in [2.75, 3.05) is 18.0 Å². The van der Waals surface area contributed by atoms with Gasteiger partial charge in [-0.25, -0.2) is 4.98 Å². The predicted molar refractivity (Wildman–Crippen MR) is 113 cm³/mol. The van der Waals surface area contributed by atoms with E-state index in [1.165, 1.54) is 17.1 Å². The van der Waals surface area contributed by atoms with Gasteiger partial charge in [-0.05, 0) is 24.3 Å². The first kappa shape index (κ1) is 21.4. The highest BCUT2D eigenvalue weighted by Crippen LogP contribution is 2.20. The summed E-state index contributed by atoms with van der Waals surface area (Å²) in [5.41, 5.74) is 1.21. The number of benzene rings is 1. The monoisotopic (exact) mass is 388 g/mol. The number of rotatable bonds is 10. The van der Waals surface area contributed by atoms with Gasteiger partial charge in [0.05, 0.1) is 0 Å². The van der Waals surface area contributed by atoms with Crippen LogP contribution >= 0.6 is 11.5 Å². The molecule has 0 aliphatic rings. The summed E-state index contributed by atoms with van der Waals surface area (Å²) in [6.07, 6.45) is 1.20. The molecule has 6 heteroatoms. The molecule has 0 aliphatic carbocycles. The van der Waals surface area contributed by atoms with Crippen LogP contribution in [-0.4, -0.2) is 34.4 Å². The van der Waals surface area contributed by atoms with E-state index in [9.17, 15) is 4.79 Å². The zero-order chi connectivity index (χ0) is 19.8. The molecule has 27 heavy (non-hydrogen) atoms. The molecule has 0 saturated heterocycles. The minimum absolute atomic E-state index is 0.0963. The highest BCUT2D eigenvalue weighted by molar-refractivity contribution is 7.09. The quantitative estimate of drug-likeness (QED) is 0.664. The van der Waals surface area contributed by atoms with E-state index >= 15 is 0 Å². The molecule has 0 saturated carbocycles. The second-order valence-corrected chi connectivity index (χ2v) is 8.58. The Morgan fingerprint density at radius 1 is 1.15 bits per heavy atom. The third kappa shape index (κ3) is 7.29. The number of hydrogen-bond acceptors (Lipinski definition) is 5. The van der Waals surface area contributed by atoms with Crippen LogP contribution in [0.15, 0.2) is 30.3 Å². The van der Waals surface area contributed by atoms with Crippen LogP contribution in [0.1, 0.15) is 52.4 Å². The fraction of sp³-hybridized carbons (Fsp3) is 0.571. The lowest BCUT2D eigenvalue weighted by molar-refractivity contribution is -0.121. The normalized spacial score (nSPS) is 12.4. The Morgan fingerprint density at radius 2 is 1.85 bits per heavy atom. The largest absolute Gasteiger partial charge is 0.353 e. The second kappa shape index (κ2) is 10.4. The number of anilines is 1. The molecule has 1 aromatic carbocycles. The smallest absolute Gasteiger partial charge is 0.221 e. The molecule has 0 unspecified atom stereocenters. The van der Waals surface area contributed by atoms with E-state index in [-0.39, 0.29) is 11.9 Å². The second-order valence-electron chi connectivity index (χ2n) is 7.85. The fourth-order valence-electron chi connectivity index (χ4n) is 2.66. The maximum Gasteiger partial charge on any atom is 0.221 e. The molecule has 0 bridgehead atoms. The van der Waals surface area contributed by atoms with Crippen molar-refractivity contribution in [3.05, 3.63) is 41.7 Å². The summed E-state index contributed by atoms with van der Waals surface area (Å²) in [4.78, 5) is 19.2. The molecule has 1 amide bonds. The third-order valence-electron chi connectivity index (χ3n) is 4.52. The number of amides is 1. The zero-order valence-electron chi connectivity index (χ0n) is 17.1. The molecule has 1 aromatic heterocycles. The first-order chi connectivity index (χ1) is 12.8. The maximum absolute atomic E-state index is 12.3. The molecule has 0 radical (unpaired) electrons. The molecule has 1 heterocycles. The zero-order valence-corrected chi connectivity index (χ0v) is 17.9. The van der Waals surface area contributed by atoms with Crippen LogP contribution in [0.2, 0.25) is 0 Å². The van der Waals surface area contributed by atoms with Crippen molar-refractivity contribution in [1.29, 1.82) is 0 Å². The Morgan fingerprint density at radius 3 is 2.48 bits per heavy atom. The molecule has 0 fully saturated rings. The fourth-order valence-corrected chi connectivity index (χ4v) is 3.38. The molecule has 148 valence electrons. The van der Waals surface area contributed by atoms with Crippen molar-refractivity contribution in [2.45, 2.75) is 53.5 Å². The lowest BCUT2D eigenvalue weighted by atomic mass is 10.1. The lowest BCUT2D eigenvalue weighted by Crippen LogP contribution is -2.38. The van der Waals surface area contributed by atoms with E-state index in [1.807, 2.05) is 18.2 Å². The Kier molecular flexibility index (Phi) is 8.23. The van der Waals surface area contributed by atoms with Crippen molar-refractivity contribution < 1.29 is 4.79 Å². The number of carbonyl (C=O) groups is 1. The first-order valence-corrected chi connectivity index (χ1v) is 10.5. The van der Waals surface area contributed by atoms with E-state index in [0.717, 1.165) is 23.9 Å². The van der Waals surface area contributed by atoms with E-state index in [2.05, 4.69) is 61.3 Å². The SMILES string of the molecule is CC(C)CN(CCC(=O)N[C@H](C)C(C)C)c1nc(Cc2ccccc2)ns1. The number of carbonyl (C=O) groups excluding carboxylic acids is 1. The maximum atomic E-state index is 12.3. The average molecular weight is 389 g/mol. The first-order valence-electron chi connectivity index (χ1n) is 9.76. The molecule has 1 N–H and O–H groups in total.